The molecule has 3 N–H and O–H groups in total. The number of carbonyl (C=O) groups is 4. The molecule has 13 nitrogen and oxygen atoms in total. The van der Waals surface area contributed by atoms with Gasteiger partial charge in [-0.2, -0.15) is 18.4 Å². The number of alkyl halides is 3. The second kappa shape index (κ2) is 16.8. The monoisotopic (exact) mass is 826 g/mol. The minimum atomic E-state index is -4.79. The van der Waals surface area contributed by atoms with Crippen molar-refractivity contribution < 1.29 is 37.1 Å². The summed E-state index contributed by atoms with van der Waals surface area (Å²) in [4.78, 5) is 57.3. The fourth-order valence-electron chi connectivity index (χ4n) is 7.28. The van der Waals surface area contributed by atoms with Crippen molar-refractivity contribution in [2.75, 3.05) is 59.8 Å². The van der Waals surface area contributed by atoms with Crippen LogP contribution in [0.2, 0.25) is 5.02 Å². The van der Waals surface area contributed by atoms with Gasteiger partial charge in [-0.1, -0.05) is 17.7 Å². The Kier molecular flexibility index (Phi) is 12.3. The van der Waals surface area contributed by atoms with E-state index in [4.69, 9.17) is 16.3 Å². The molecule has 57 heavy (non-hydrogen) atoms. The van der Waals surface area contributed by atoms with Crippen LogP contribution in [0.4, 0.5) is 35.9 Å². The molecule has 3 aliphatic heterocycles. The zero-order valence-corrected chi connectivity index (χ0v) is 33.0. The molecule has 3 saturated heterocycles. The molecule has 3 aromatic carbocycles. The van der Waals surface area contributed by atoms with Crippen LogP contribution in [0.1, 0.15) is 44.7 Å². The second-order valence-electron chi connectivity index (χ2n) is 14.7. The zero-order valence-electron chi connectivity index (χ0n) is 31.4. The van der Waals surface area contributed by atoms with Gasteiger partial charge in [-0.3, -0.25) is 39.2 Å². The minimum Gasteiger partial charge on any atom is -0.491 e. The molecule has 3 heterocycles. The van der Waals surface area contributed by atoms with E-state index in [0.29, 0.717) is 62.0 Å². The Bertz CT molecular complexity index is 2100. The Morgan fingerprint density at radius 2 is 1.81 bits per heavy atom. The Labute approximate surface area is 338 Å². The smallest absolute Gasteiger partial charge is 0.417 e. The Balaban J connectivity index is 0.992. The molecular weight excluding hydrogens is 785 g/mol. The van der Waals surface area contributed by atoms with Gasteiger partial charge in [0.2, 0.25) is 17.7 Å². The lowest BCUT2D eigenvalue weighted by Crippen LogP contribution is -2.54. The summed E-state index contributed by atoms with van der Waals surface area (Å²) in [5, 5.41) is 17.9. The van der Waals surface area contributed by atoms with Gasteiger partial charge in [-0.05, 0) is 81.8 Å². The van der Waals surface area contributed by atoms with Crippen molar-refractivity contribution in [1.82, 2.24) is 15.1 Å². The van der Waals surface area contributed by atoms with Gasteiger partial charge >= 0.3 is 6.18 Å². The number of halogens is 4. The molecule has 302 valence electrons. The van der Waals surface area contributed by atoms with Crippen LogP contribution < -0.4 is 30.5 Å². The molecule has 6 rings (SSSR count). The highest BCUT2D eigenvalue weighted by Gasteiger charge is 2.52. The number of nitriles is 1. The Hall–Kier alpha value is -5.02. The summed E-state index contributed by atoms with van der Waals surface area (Å²) in [5.41, 5.74) is -2.20. The maximum absolute atomic E-state index is 13.7. The van der Waals surface area contributed by atoms with Gasteiger partial charge < -0.3 is 20.3 Å². The first kappa shape index (κ1) is 41.6. The van der Waals surface area contributed by atoms with Crippen molar-refractivity contribution in [1.29, 1.82) is 5.26 Å². The molecule has 0 spiro atoms. The highest BCUT2D eigenvalue weighted by molar-refractivity contribution is 7.81. The number of carbonyl (C=O) groups excluding carboxylic acids is 4. The number of piperazine rings is 1. The van der Waals surface area contributed by atoms with Crippen LogP contribution in [0.25, 0.3) is 0 Å². The average molecular weight is 827 g/mol. The molecule has 3 fully saturated rings. The maximum Gasteiger partial charge on any atom is 0.417 e. The molecule has 3 aliphatic rings. The van der Waals surface area contributed by atoms with Gasteiger partial charge in [-0.25, -0.2) is 0 Å². The first-order chi connectivity index (χ1) is 27.0. The summed E-state index contributed by atoms with van der Waals surface area (Å²) in [5.74, 6) is -0.903. The van der Waals surface area contributed by atoms with E-state index in [1.807, 2.05) is 0 Å². The number of hydrogen-bond donors (Lipinski definition) is 4. The Morgan fingerprint density at radius 1 is 1.07 bits per heavy atom. The van der Waals surface area contributed by atoms with E-state index in [0.717, 1.165) is 17.0 Å². The number of imide groups is 1. The van der Waals surface area contributed by atoms with Gasteiger partial charge in [0.05, 0.1) is 28.8 Å². The van der Waals surface area contributed by atoms with Gasteiger partial charge in [0, 0.05) is 61.4 Å². The highest BCUT2D eigenvalue weighted by atomic mass is 35.5. The third-order valence-corrected chi connectivity index (χ3v) is 11.1. The van der Waals surface area contributed by atoms with E-state index in [9.17, 15) is 37.6 Å². The van der Waals surface area contributed by atoms with Crippen LogP contribution in [-0.4, -0.2) is 95.9 Å². The summed E-state index contributed by atoms with van der Waals surface area (Å²) < 4.78 is 47.2. The molecule has 0 radical (unpaired) electrons. The predicted octanol–water partition coefficient (Wildman–Crippen LogP) is 5.32. The van der Waals surface area contributed by atoms with E-state index in [1.165, 1.54) is 6.07 Å². The van der Waals surface area contributed by atoms with Crippen LogP contribution in [-0.2, 0) is 25.4 Å². The number of benzene rings is 3. The topological polar surface area (TPSA) is 150 Å². The molecule has 1 unspecified atom stereocenters. The van der Waals surface area contributed by atoms with Gasteiger partial charge in [0.25, 0.3) is 5.91 Å². The minimum absolute atomic E-state index is 0.0461. The van der Waals surface area contributed by atoms with Crippen LogP contribution in [0, 0.1) is 11.3 Å². The average Bonchev–Trinajstić information content (AvgIpc) is 3.32. The number of nitrogens with one attached hydrogen (secondary N) is 3. The number of piperidine rings is 1. The molecule has 3 atom stereocenters. The van der Waals surface area contributed by atoms with Crippen LogP contribution in [0.15, 0.2) is 60.7 Å². The molecule has 0 aliphatic carbocycles. The second-order valence-corrected chi connectivity index (χ2v) is 15.5. The van der Waals surface area contributed by atoms with Crippen molar-refractivity contribution in [3.8, 4) is 11.8 Å². The summed E-state index contributed by atoms with van der Waals surface area (Å²) in [6, 6.07) is 16.3. The van der Waals surface area contributed by atoms with E-state index in [-0.39, 0.29) is 47.4 Å². The van der Waals surface area contributed by atoms with Crippen molar-refractivity contribution in [3.05, 3.63) is 76.8 Å². The number of anilines is 4. The largest absolute Gasteiger partial charge is 0.491 e. The third kappa shape index (κ3) is 9.25. The molecule has 0 saturated carbocycles. The van der Waals surface area contributed by atoms with E-state index < -0.39 is 40.3 Å². The molecular formula is C39H42ClF3N8O5S. The Morgan fingerprint density at radius 3 is 2.49 bits per heavy atom. The number of nitrogens with zero attached hydrogens (tertiary/aromatic N) is 5. The fourth-order valence-corrected chi connectivity index (χ4v) is 8.17. The van der Waals surface area contributed by atoms with Crippen molar-refractivity contribution in [2.24, 2.45) is 0 Å². The van der Waals surface area contributed by atoms with Crippen molar-refractivity contribution >= 4 is 70.6 Å². The van der Waals surface area contributed by atoms with Crippen molar-refractivity contribution in [2.45, 2.75) is 62.9 Å². The standard InChI is InChI=1S/C39H42ClF3N8O5S/c1-23-21-48(13-14-49(23)22-34(53)46-26-6-4-5-25(17-26)45-31-10-12-33(52)47-35(31)54)15-16-56-32-11-9-28(19-30(32)40)51-37(57)50(36(55)38(51,2)3)27-8-7-24(20-44)29(18-27)39(41,42)43/h4-9,11,17-19,23,31,37,45,57H,10,12-16,21-22H2,1-3H3,(H,46,53)(H,47,52,54)/t23-,31?,37+/m1/s1. The molecule has 0 bridgehead atoms. The highest BCUT2D eigenvalue weighted by Crippen LogP contribution is 2.43. The summed E-state index contributed by atoms with van der Waals surface area (Å²) >= 11 is 11.3. The normalized spacial score (nSPS) is 21.6. The first-order valence-electron chi connectivity index (χ1n) is 18.3. The van der Waals surface area contributed by atoms with E-state index >= 15 is 0 Å². The quantitative estimate of drug-likeness (QED) is 0.148. The zero-order chi connectivity index (χ0) is 41.2. The van der Waals surface area contributed by atoms with Gasteiger partial charge in [-0.15, -0.1) is 12.6 Å². The van der Waals surface area contributed by atoms with Crippen LogP contribution in [0.5, 0.6) is 5.75 Å². The predicted molar refractivity (Wildman–Crippen MR) is 212 cm³/mol. The maximum atomic E-state index is 13.7. The van der Waals surface area contributed by atoms with Crippen molar-refractivity contribution in [3.63, 3.8) is 0 Å². The lowest BCUT2D eigenvalue weighted by Gasteiger charge is -2.39. The van der Waals surface area contributed by atoms with Crippen LogP contribution in [0.3, 0.4) is 0 Å². The molecule has 0 aromatic heterocycles. The lowest BCUT2D eigenvalue weighted by atomic mass is 10.0. The lowest BCUT2D eigenvalue weighted by molar-refractivity contribution is -0.138. The third-order valence-electron chi connectivity index (χ3n) is 10.3. The van der Waals surface area contributed by atoms with E-state index in [2.05, 4.69) is 45.3 Å². The summed E-state index contributed by atoms with van der Waals surface area (Å²) in [6.45, 7) is 8.53. The summed E-state index contributed by atoms with van der Waals surface area (Å²) in [7, 11) is 0. The number of ether oxygens (including phenoxy) is 1. The van der Waals surface area contributed by atoms with Gasteiger partial charge in [0.1, 0.15) is 23.9 Å². The first-order valence-corrected chi connectivity index (χ1v) is 19.2. The number of thiol groups is 1. The fraction of sp³-hybridized carbons (Fsp3) is 0.410. The SMILES string of the molecule is C[C@@H]1CN(CCOc2ccc(N3[C@@H](S)N(c4ccc(C#N)c(C(F)(F)F)c4)C(=O)C3(C)C)cc2Cl)CCN1CC(=O)Nc1cccc(NC2CCC(=O)NC2=O)c1. The number of amides is 4. The van der Waals surface area contributed by atoms with Gasteiger partial charge in [0.15, 0.2) is 5.50 Å². The molecule has 3 aromatic rings. The molecule has 18 heteroatoms. The number of hydrogen-bond acceptors (Lipinski definition) is 11. The summed E-state index contributed by atoms with van der Waals surface area (Å²) in [6.07, 6.45) is -4.14. The molecule has 4 amide bonds. The van der Waals surface area contributed by atoms with Crippen LogP contribution >= 0.6 is 24.2 Å². The van der Waals surface area contributed by atoms with E-state index in [1.54, 1.807) is 67.3 Å². The number of rotatable bonds is 11.